The van der Waals surface area contributed by atoms with Gasteiger partial charge < -0.3 is 0 Å². The summed E-state index contributed by atoms with van der Waals surface area (Å²) in [5.74, 6) is 1.99. The second-order valence-corrected chi connectivity index (χ2v) is 20.7. The van der Waals surface area contributed by atoms with Crippen molar-refractivity contribution in [3.05, 3.63) is 281 Å². The van der Waals surface area contributed by atoms with Crippen LogP contribution in [0, 0.1) is 5.92 Å². The van der Waals surface area contributed by atoms with Gasteiger partial charge in [0.2, 0.25) is 0 Å². The average Bonchev–Trinajstić information content (AvgIpc) is 3.96. The van der Waals surface area contributed by atoms with E-state index in [0.717, 1.165) is 79.7 Å². The van der Waals surface area contributed by atoms with Crippen molar-refractivity contribution in [1.82, 2.24) is 14.8 Å². The maximum absolute atomic E-state index is 4.98. The van der Waals surface area contributed by atoms with E-state index in [1.54, 1.807) is 0 Å². The molecule has 2 unspecified atom stereocenters. The van der Waals surface area contributed by atoms with E-state index in [9.17, 15) is 0 Å². The summed E-state index contributed by atoms with van der Waals surface area (Å²) in [5.41, 5.74) is 19.4. The molecule has 0 aliphatic heterocycles. The molecule has 3 heteroatoms. The first-order valence-electron chi connectivity index (χ1n) is 27.1. The SMILES string of the molecule is C1=CCCC(c2ccccc2C2=c3ccc(-c4c5ccccc5c(-c5cccc(-c6nnc(C7=CCCC=C7)n6C6C=CC=CC6)c5)c5ccccc45)cc3=C(c3ccccc3C3=CC=CCC3)C3CC=CC=C23)=C1. The molecular weight excluding hydrogens is 907 g/mol. The van der Waals surface area contributed by atoms with Crippen molar-refractivity contribution in [2.75, 3.05) is 0 Å². The van der Waals surface area contributed by atoms with Gasteiger partial charge in [-0.05, 0) is 168 Å². The molecule has 0 amide bonds. The van der Waals surface area contributed by atoms with E-state index in [-0.39, 0.29) is 12.0 Å². The van der Waals surface area contributed by atoms with E-state index in [4.69, 9.17) is 10.2 Å². The zero-order chi connectivity index (χ0) is 49.7. The smallest absolute Gasteiger partial charge is 0.164 e. The highest BCUT2D eigenvalue weighted by Gasteiger charge is 2.33. The highest BCUT2D eigenvalue weighted by molar-refractivity contribution is 6.21. The molecule has 360 valence electrons. The Balaban J connectivity index is 1.02. The molecule has 3 nitrogen and oxygen atoms in total. The van der Waals surface area contributed by atoms with Gasteiger partial charge in [0.25, 0.3) is 0 Å². The van der Waals surface area contributed by atoms with Crippen LogP contribution < -0.4 is 10.4 Å². The first kappa shape index (κ1) is 45.0. The van der Waals surface area contributed by atoms with E-state index in [1.165, 1.54) is 98.8 Å². The van der Waals surface area contributed by atoms with E-state index in [2.05, 4.69) is 241 Å². The fourth-order valence-electron chi connectivity index (χ4n) is 13.0. The molecule has 0 spiro atoms. The summed E-state index contributed by atoms with van der Waals surface area (Å²) in [5, 5.41) is 17.4. The van der Waals surface area contributed by atoms with Crippen molar-refractivity contribution < 1.29 is 0 Å². The van der Waals surface area contributed by atoms with Gasteiger partial charge in [0.1, 0.15) is 0 Å². The number of aromatic nitrogens is 3. The molecule has 14 rings (SSSR count). The minimum atomic E-state index is 0.118. The van der Waals surface area contributed by atoms with E-state index in [0.29, 0.717) is 0 Å². The van der Waals surface area contributed by atoms with Gasteiger partial charge in [0, 0.05) is 17.1 Å². The molecular formula is C72H57N3. The Hall–Kier alpha value is -8.66. The van der Waals surface area contributed by atoms with Crippen LogP contribution in [0.2, 0.25) is 0 Å². The molecule has 0 saturated heterocycles. The molecule has 0 radical (unpaired) electrons. The zero-order valence-electron chi connectivity index (χ0n) is 42.2. The van der Waals surface area contributed by atoms with Gasteiger partial charge in [-0.25, -0.2) is 0 Å². The first-order chi connectivity index (χ1) is 37.3. The van der Waals surface area contributed by atoms with Gasteiger partial charge in [-0.2, -0.15) is 0 Å². The predicted molar refractivity (Wildman–Crippen MR) is 315 cm³/mol. The summed E-state index contributed by atoms with van der Waals surface area (Å²) in [7, 11) is 0. The summed E-state index contributed by atoms with van der Waals surface area (Å²) in [6.45, 7) is 0. The van der Waals surface area contributed by atoms with Crippen molar-refractivity contribution >= 4 is 49.4 Å². The topological polar surface area (TPSA) is 30.7 Å². The van der Waals surface area contributed by atoms with Crippen molar-refractivity contribution in [3.8, 4) is 33.6 Å². The largest absolute Gasteiger partial charge is 0.300 e. The van der Waals surface area contributed by atoms with Crippen molar-refractivity contribution in [2.24, 2.45) is 5.92 Å². The summed E-state index contributed by atoms with van der Waals surface area (Å²) in [6, 6.07) is 53.2. The third kappa shape index (κ3) is 7.88. The Kier molecular flexibility index (Phi) is 11.6. The molecule has 0 bridgehead atoms. The fourth-order valence-corrected chi connectivity index (χ4v) is 13.0. The lowest BCUT2D eigenvalue weighted by Crippen LogP contribution is -2.38. The Bertz CT molecular complexity index is 4070. The van der Waals surface area contributed by atoms with Gasteiger partial charge in [0.05, 0.1) is 6.04 Å². The second-order valence-electron chi connectivity index (χ2n) is 20.7. The second kappa shape index (κ2) is 19.3. The predicted octanol–water partition coefficient (Wildman–Crippen LogP) is 16.8. The van der Waals surface area contributed by atoms with E-state index < -0.39 is 0 Å². The molecule has 6 aliphatic carbocycles. The highest BCUT2D eigenvalue weighted by atomic mass is 15.3. The molecule has 0 fully saturated rings. The summed E-state index contributed by atoms with van der Waals surface area (Å²) in [6.07, 6.45) is 44.6. The summed E-state index contributed by atoms with van der Waals surface area (Å²) >= 11 is 0. The van der Waals surface area contributed by atoms with Crippen LogP contribution in [0.25, 0.3) is 83.1 Å². The standard InChI is InChI=1S/C72H57N3/c1-5-24-48(25-6-1)55-34-13-15-36-57(55)69-63-42-21-22-43-64(63)70(58-37-16-14-35-56(58)49-26-7-2-8-27-49)66-47-52(44-45-65(66)69)68-61-40-19-17-38-59(61)67(60-39-18-20-41-62(60)68)51-30-23-31-53(46-51)72-74-73-71(50-28-9-3-10-29-50)75(72)54-32-11-4-12-33-54/h1-2,4-5,7,9,11-24,26,28-32,34-42,44-47,54,64H,3,6,8,10,25,27,33,43H2. The Morgan fingerprint density at radius 3 is 1.71 bits per heavy atom. The van der Waals surface area contributed by atoms with Crippen LogP contribution in [0.5, 0.6) is 0 Å². The molecule has 2 atom stereocenters. The molecule has 75 heavy (non-hydrogen) atoms. The van der Waals surface area contributed by atoms with Crippen molar-refractivity contribution in [2.45, 2.75) is 57.4 Å². The zero-order valence-corrected chi connectivity index (χ0v) is 42.2. The molecule has 0 saturated carbocycles. The highest BCUT2D eigenvalue weighted by Crippen LogP contribution is 2.47. The lowest BCUT2D eigenvalue weighted by molar-refractivity contribution is 0.604. The van der Waals surface area contributed by atoms with Gasteiger partial charge in [-0.1, -0.05) is 225 Å². The maximum Gasteiger partial charge on any atom is 0.164 e. The minimum absolute atomic E-state index is 0.118. The summed E-state index contributed by atoms with van der Waals surface area (Å²) < 4.78 is 2.36. The molecule has 1 heterocycles. The Morgan fingerprint density at radius 1 is 0.440 bits per heavy atom. The number of benzene rings is 7. The molecule has 6 aliphatic rings. The normalized spacial score (nSPS) is 18.7. The number of allylic oxidation sites excluding steroid dienone is 20. The fraction of sp³-hybridized carbons (Fsp3) is 0.139. The monoisotopic (exact) mass is 963 g/mol. The van der Waals surface area contributed by atoms with Crippen LogP contribution in [0.15, 0.2) is 242 Å². The van der Waals surface area contributed by atoms with Crippen LogP contribution in [-0.2, 0) is 0 Å². The van der Waals surface area contributed by atoms with Gasteiger partial charge >= 0.3 is 0 Å². The maximum atomic E-state index is 4.98. The minimum Gasteiger partial charge on any atom is -0.300 e. The number of hydrogen-bond acceptors (Lipinski definition) is 2. The Morgan fingerprint density at radius 2 is 1.05 bits per heavy atom. The van der Waals surface area contributed by atoms with Gasteiger partial charge in [-0.15, -0.1) is 10.2 Å². The molecule has 8 aromatic rings. The van der Waals surface area contributed by atoms with Gasteiger partial charge in [-0.3, -0.25) is 4.57 Å². The molecule has 1 aromatic heterocycles. The van der Waals surface area contributed by atoms with Crippen LogP contribution in [0.3, 0.4) is 0 Å². The van der Waals surface area contributed by atoms with Crippen LogP contribution >= 0.6 is 0 Å². The number of fused-ring (bicyclic) bond motifs is 4. The summed E-state index contributed by atoms with van der Waals surface area (Å²) in [4.78, 5) is 0. The van der Waals surface area contributed by atoms with Crippen molar-refractivity contribution in [3.63, 3.8) is 0 Å². The van der Waals surface area contributed by atoms with E-state index in [1.807, 2.05) is 0 Å². The lowest BCUT2D eigenvalue weighted by atomic mass is 9.70. The van der Waals surface area contributed by atoms with Crippen LogP contribution in [0.1, 0.15) is 85.5 Å². The number of hydrogen-bond donors (Lipinski definition) is 0. The Labute approximate surface area is 439 Å². The number of nitrogens with zero attached hydrogens (tertiary/aromatic N) is 3. The van der Waals surface area contributed by atoms with Crippen LogP contribution in [-0.4, -0.2) is 14.8 Å². The quantitative estimate of drug-likeness (QED) is 0.135. The lowest BCUT2D eigenvalue weighted by Gasteiger charge is -2.33. The average molecular weight is 964 g/mol. The van der Waals surface area contributed by atoms with Crippen molar-refractivity contribution in [1.29, 1.82) is 0 Å². The number of rotatable bonds is 9. The van der Waals surface area contributed by atoms with Crippen LogP contribution in [0.4, 0.5) is 0 Å². The third-order valence-corrected chi connectivity index (χ3v) is 16.4. The third-order valence-electron chi connectivity index (χ3n) is 16.4. The molecule has 7 aromatic carbocycles. The molecule has 0 N–H and O–H groups in total. The first-order valence-corrected chi connectivity index (χ1v) is 27.1. The van der Waals surface area contributed by atoms with Gasteiger partial charge in [0.15, 0.2) is 11.6 Å². The van der Waals surface area contributed by atoms with E-state index >= 15 is 0 Å².